The molecule has 26 heavy (non-hydrogen) atoms. The Labute approximate surface area is 157 Å². The van der Waals surface area contributed by atoms with Gasteiger partial charge < -0.3 is 4.74 Å². The van der Waals surface area contributed by atoms with Gasteiger partial charge >= 0.3 is 5.97 Å². The second kappa shape index (κ2) is 9.12. The molecular formula is C18H19ClFNO4S. The van der Waals surface area contributed by atoms with Crippen LogP contribution in [-0.2, 0) is 26.1 Å². The molecule has 0 aliphatic rings. The average molecular weight is 400 g/mol. The monoisotopic (exact) mass is 399 g/mol. The summed E-state index contributed by atoms with van der Waals surface area (Å²) >= 11 is 5.81. The third-order valence-electron chi connectivity index (χ3n) is 3.63. The molecule has 0 amide bonds. The van der Waals surface area contributed by atoms with Gasteiger partial charge in [0.05, 0.1) is 17.9 Å². The standard InChI is InChI=1S/C18H19ClFNO4S/c1-2-25-18(22)11-12-21(13-14-5-3-4-6-17(14)20)26(23,24)16-9-7-15(19)8-10-16/h3-10H,2,11-13H2,1H3. The Balaban J connectivity index is 2.30. The second-order valence-corrected chi connectivity index (χ2v) is 7.81. The molecule has 0 bridgehead atoms. The van der Waals surface area contributed by atoms with Crippen molar-refractivity contribution >= 4 is 27.6 Å². The fraction of sp³-hybridized carbons (Fsp3) is 0.278. The fourth-order valence-corrected chi connectivity index (χ4v) is 3.85. The van der Waals surface area contributed by atoms with Gasteiger partial charge in [-0.3, -0.25) is 4.79 Å². The number of halogens is 2. The first-order chi connectivity index (χ1) is 12.3. The fourth-order valence-electron chi connectivity index (χ4n) is 2.31. The van der Waals surface area contributed by atoms with E-state index < -0.39 is 21.8 Å². The van der Waals surface area contributed by atoms with Gasteiger partial charge in [-0.2, -0.15) is 4.31 Å². The van der Waals surface area contributed by atoms with E-state index >= 15 is 0 Å². The van der Waals surface area contributed by atoms with Gasteiger partial charge in [-0.1, -0.05) is 29.8 Å². The second-order valence-electron chi connectivity index (χ2n) is 5.44. The highest BCUT2D eigenvalue weighted by Gasteiger charge is 2.26. The first-order valence-corrected chi connectivity index (χ1v) is 9.81. The van der Waals surface area contributed by atoms with E-state index in [4.69, 9.17) is 16.3 Å². The molecule has 0 radical (unpaired) electrons. The Morgan fingerprint density at radius 1 is 1.15 bits per heavy atom. The molecule has 0 aromatic heterocycles. The van der Waals surface area contributed by atoms with Gasteiger partial charge in [-0.15, -0.1) is 0 Å². The number of carbonyl (C=O) groups excluding carboxylic acids is 1. The zero-order valence-electron chi connectivity index (χ0n) is 14.2. The van der Waals surface area contributed by atoms with Crippen LogP contribution in [0.25, 0.3) is 0 Å². The predicted octanol–water partition coefficient (Wildman–Crippen LogP) is 3.62. The quantitative estimate of drug-likeness (QED) is 0.636. The van der Waals surface area contributed by atoms with Crippen molar-refractivity contribution in [3.63, 3.8) is 0 Å². The van der Waals surface area contributed by atoms with E-state index in [0.29, 0.717) is 5.02 Å². The summed E-state index contributed by atoms with van der Waals surface area (Å²) < 4.78 is 45.8. The molecule has 140 valence electrons. The van der Waals surface area contributed by atoms with E-state index in [0.717, 1.165) is 4.31 Å². The number of benzene rings is 2. The maximum absolute atomic E-state index is 14.0. The van der Waals surface area contributed by atoms with E-state index in [1.54, 1.807) is 13.0 Å². The zero-order chi connectivity index (χ0) is 19.2. The molecule has 0 heterocycles. The predicted molar refractivity (Wildman–Crippen MR) is 96.7 cm³/mol. The van der Waals surface area contributed by atoms with E-state index in [1.165, 1.54) is 42.5 Å². The Morgan fingerprint density at radius 2 is 1.81 bits per heavy atom. The number of rotatable bonds is 8. The first-order valence-electron chi connectivity index (χ1n) is 7.99. The summed E-state index contributed by atoms with van der Waals surface area (Å²) in [6.45, 7) is 1.55. The molecular weight excluding hydrogens is 381 g/mol. The number of sulfonamides is 1. The van der Waals surface area contributed by atoms with Crippen molar-refractivity contribution in [1.82, 2.24) is 4.31 Å². The largest absolute Gasteiger partial charge is 0.466 e. The van der Waals surface area contributed by atoms with Gasteiger partial charge in [0.15, 0.2) is 0 Å². The van der Waals surface area contributed by atoms with Crippen LogP contribution in [0, 0.1) is 5.82 Å². The number of hydrogen-bond acceptors (Lipinski definition) is 4. The van der Waals surface area contributed by atoms with Crippen molar-refractivity contribution in [1.29, 1.82) is 0 Å². The minimum Gasteiger partial charge on any atom is -0.466 e. The average Bonchev–Trinajstić information content (AvgIpc) is 2.60. The van der Waals surface area contributed by atoms with Crippen molar-refractivity contribution in [3.05, 3.63) is 64.9 Å². The molecule has 2 rings (SSSR count). The lowest BCUT2D eigenvalue weighted by molar-refractivity contribution is -0.143. The molecule has 2 aromatic carbocycles. The molecule has 0 atom stereocenters. The maximum atomic E-state index is 14.0. The Bertz CT molecular complexity index is 856. The van der Waals surface area contributed by atoms with Gasteiger partial charge in [0, 0.05) is 23.7 Å². The summed E-state index contributed by atoms with van der Waals surface area (Å²) in [5, 5.41) is 0.399. The number of esters is 1. The van der Waals surface area contributed by atoms with Crippen molar-refractivity contribution in [2.75, 3.05) is 13.2 Å². The van der Waals surface area contributed by atoms with Crippen LogP contribution in [0.4, 0.5) is 4.39 Å². The van der Waals surface area contributed by atoms with Crippen LogP contribution in [0.3, 0.4) is 0 Å². The maximum Gasteiger partial charge on any atom is 0.307 e. The summed E-state index contributed by atoms with van der Waals surface area (Å²) in [5.41, 5.74) is 0.217. The molecule has 0 saturated carbocycles. The van der Waals surface area contributed by atoms with Crippen molar-refractivity contribution in [3.8, 4) is 0 Å². The van der Waals surface area contributed by atoms with E-state index in [1.807, 2.05) is 0 Å². The highest BCUT2D eigenvalue weighted by Crippen LogP contribution is 2.22. The molecule has 5 nitrogen and oxygen atoms in total. The molecule has 0 aliphatic heterocycles. The molecule has 0 N–H and O–H groups in total. The zero-order valence-corrected chi connectivity index (χ0v) is 15.8. The Kier molecular flexibility index (Phi) is 7.14. The third-order valence-corrected chi connectivity index (χ3v) is 5.74. The molecule has 0 spiro atoms. The van der Waals surface area contributed by atoms with Crippen LogP contribution in [-0.4, -0.2) is 31.8 Å². The van der Waals surface area contributed by atoms with E-state index in [-0.39, 0.29) is 36.6 Å². The lowest BCUT2D eigenvalue weighted by Gasteiger charge is -2.22. The van der Waals surface area contributed by atoms with Crippen molar-refractivity contribution in [2.24, 2.45) is 0 Å². The minimum absolute atomic E-state index is 0.0158. The molecule has 0 saturated heterocycles. The highest BCUT2D eigenvalue weighted by atomic mass is 35.5. The highest BCUT2D eigenvalue weighted by molar-refractivity contribution is 7.89. The topological polar surface area (TPSA) is 63.7 Å². The Hall–Kier alpha value is -1.96. The smallest absolute Gasteiger partial charge is 0.307 e. The van der Waals surface area contributed by atoms with Crippen LogP contribution in [0.15, 0.2) is 53.4 Å². The van der Waals surface area contributed by atoms with Crippen LogP contribution in [0.2, 0.25) is 5.02 Å². The van der Waals surface area contributed by atoms with Gasteiger partial charge in [-0.05, 0) is 37.3 Å². The third kappa shape index (κ3) is 5.27. The van der Waals surface area contributed by atoms with E-state index in [2.05, 4.69) is 0 Å². The van der Waals surface area contributed by atoms with Crippen molar-refractivity contribution in [2.45, 2.75) is 24.8 Å². The summed E-state index contributed by atoms with van der Waals surface area (Å²) in [6, 6.07) is 11.6. The van der Waals surface area contributed by atoms with E-state index in [9.17, 15) is 17.6 Å². The molecule has 2 aromatic rings. The molecule has 0 aliphatic carbocycles. The lowest BCUT2D eigenvalue weighted by atomic mass is 10.2. The van der Waals surface area contributed by atoms with Crippen molar-refractivity contribution < 1.29 is 22.3 Å². The molecule has 0 unspecified atom stereocenters. The van der Waals surface area contributed by atoms with Gasteiger partial charge in [-0.25, -0.2) is 12.8 Å². The number of nitrogens with zero attached hydrogens (tertiary/aromatic N) is 1. The molecule has 8 heteroatoms. The first kappa shape index (κ1) is 20.4. The van der Waals surface area contributed by atoms with Crippen LogP contribution in [0.5, 0.6) is 0 Å². The summed E-state index contributed by atoms with van der Waals surface area (Å²) in [5.74, 6) is -1.03. The summed E-state index contributed by atoms with van der Waals surface area (Å²) in [4.78, 5) is 11.7. The molecule has 0 fully saturated rings. The lowest BCUT2D eigenvalue weighted by Crippen LogP contribution is -2.33. The number of hydrogen-bond donors (Lipinski definition) is 0. The normalized spacial score (nSPS) is 11.5. The van der Waals surface area contributed by atoms with Gasteiger partial charge in [0.25, 0.3) is 0 Å². The summed E-state index contributed by atoms with van der Waals surface area (Å²) in [6.07, 6.45) is -0.130. The van der Waals surface area contributed by atoms with Crippen LogP contribution >= 0.6 is 11.6 Å². The SMILES string of the molecule is CCOC(=O)CCN(Cc1ccccc1F)S(=O)(=O)c1ccc(Cl)cc1. The summed E-state index contributed by atoms with van der Waals surface area (Å²) in [7, 11) is -3.94. The minimum atomic E-state index is -3.94. The van der Waals surface area contributed by atoms with Gasteiger partial charge in [0.2, 0.25) is 10.0 Å². The Morgan fingerprint density at radius 3 is 2.42 bits per heavy atom. The number of carbonyl (C=O) groups is 1. The van der Waals surface area contributed by atoms with Gasteiger partial charge in [0.1, 0.15) is 5.82 Å². The van der Waals surface area contributed by atoms with Crippen LogP contribution in [0.1, 0.15) is 18.9 Å². The number of ether oxygens (including phenoxy) is 1. The van der Waals surface area contributed by atoms with Crippen LogP contribution < -0.4 is 0 Å².